The van der Waals surface area contributed by atoms with Crippen LogP contribution in [-0.2, 0) is 5.41 Å². The monoisotopic (exact) mass is 280 g/mol. The Balaban J connectivity index is 2.13. The Bertz CT molecular complexity index is 656. The molecular weight excluding hydrogens is 256 g/mol. The number of benzene rings is 1. The van der Waals surface area contributed by atoms with Crippen LogP contribution in [0.5, 0.6) is 0 Å². The predicted octanol–water partition coefficient (Wildman–Crippen LogP) is 4.16. The van der Waals surface area contributed by atoms with Crippen molar-refractivity contribution in [1.82, 2.24) is 4.90 Å². The lowest BCUT2D eigenvalue weighted by Crippen LogP contribution is -2.31. The van der Waals surface area contributed by atoms with Gasteiger partial charge in [-0.25, -0.2) is 0 Å². The highest BCUT2D eigenvalue weighted by Gasteiger charge is 2.49. The van der Waals surface area contributed by atoms with Crippen molar-refractivity contribution in [2.75, 3.05) is 25.5 Å². The topological polar surface area (TPSA) is 6.48 Å². The number of rotatable bonds is 2. The second-order valence-corrected chi connectivity index (χ2v) is 6.38. The molecule has 0 aromatic heterocycles. The van der Waals surface area contributed by atoms with Crippen LogP contribution in [0.2, 0.25) is 0 Å². The summed E-state index contributed by atoms with van der Waals surface area (Å²) in [6.45, 7) is 15.9. The Morgan fingerprint density at radius 3 is 2.57 bits per heavy atom. The van der Waals surface area contributed by atoms with Gasteiger partial charge in [0.05, 0.1) is 5.41 Å². The Kier molecular flexibility index (Phi) is 3.01. The fraction of sp³-hybridized carbons (Fsp3) is 0.368. The van der Waals surface area contributed by atoms with E-state index in [0.29, 0.717) is 0 Å². The minimum Gasteiger partial charge on any atom is -0.377 e. The molecule has 1 aromatic carbocycles. The molecule has 1 spiro atoms. The number of nitrogens with zero attached hydrogens (tertiary/aromatic N) is 2. The van der Waals surface area contributed by atoms with Gasteiger partial charge < -0.3 is 9.80 Å². The highest BCUT2D eigenvalue weighted by Crippen LogP contribution is 2.53. The van der Waals surface area contributed by atoms with E-state index in [4.69, 9.17) is 0 Å². The number of fused-ring (bicyclic) bond motifs is 2. The van der Waals surface area contributed by atoms with Gasteiger partial charge in [0.2, 0.25) is 0 Å². The zero-order valence-electron chi connectivity index (χ0n) is 13.4. The Morgan fingerprint density at radius 2 is 2.00 bits per heavy atom. The third-order valence-corrected chi connectivity index (χ3v) is 5.22. The summed E-state index contributed by atoms with van der Waals surface area (Å²) in [6, 6.07) is 6.74. The molecule has 0 aliphatic carbocycles. The van der Waals surface area contributed by atoms with Gasteiger partial charge in [-0.3, -0.25) is 0 Å². The molecule has 1 unspecified atom stereocenters. The summed E-state index contributed by atoms with van der Waals surface area (Å²) in [5.41, 5.74) is 7.45. The molecule has 0 bridgehead atoms. The molecule has 21 heavy (non-hydrogen) atoms. The average Bonchev–Trinajstić information content (AvgIpc) is 2.89. The lowest BCUT2D eigenvalue weighted by atomic mass is 9.78. The molecule has 1 fully saturated rings. The van der Waals surface area contributed by atoms with E-state index >= 15 is 0 Å². The highest BCUT2D eigenvalue weighted by atomic mass is 15.2. The Morgan fingerprint density at radius 1 is 1.29 bits per heavy atom. The van der Waals surface area contributed by atoms with Crippen LogP contribution >= 0.6 is 0 Å². The SMILES string of the molecule is C=C(CC)c1ccc2c(c1)N(C)C(=C)C21CC(=C)N(C)C1. The molecule has 2 heteroatoms. The number of likely N-dealkylation sites (tertiary alicyclic amines) is 1. The molecule has 3 rings (SSSR count). The van der Waals surface area contributed by atoms with E-state index in [1.807, 2.05) is 0 Å². The van der Waals surface area contributed by atoms with E-state index in [9.17, 15) is 0 Å². The largest absolute Gasteiger partial charge is 0.377 e. The summed E-state index contributed by atoms with van der Waals surface area (Å²) in [5, 5.41) is 0. The van der Waals surface area contributed by atoms with Gasteiger partial charge in [-0.2, -0.15) is 0 Å². The lowest BCUT2D eigenvalue weighted by molar-refractivity contribution is 0.427. The van der Waals surface area contributed by atoms with Crippen molar-refractivity contribution in [1.29, 1.82) is 0 Å². The molecule has 2 aliphatic rings. The summed E-state index contributed by atoms with van der Waals surface area (Å²) in [4.78, 5) is 4.50. The maximum absolute atomic E-state index is 4.38. The second kappa shape index (κ2) is 4.52. The number of hydrogen-bond acceptors (Lipinski definition) is 2. The van der Waals surface area contributed by atoms with Crippen LogP contribution < -0.4 is 4.90 Å². The predicted molar refractivity (Wildman–Crippen MR) is 91.4 cm³/mol. The van der Waals surface area contributed by atoms with Crippen molar-refractivity contribution in [3.05, 3.63) is 60.5 Å². The average molecular weight is 280 g/mol. The van der Waals surface area contributed by atoms with Gasteiger partial charge in [0.1, 0.15) is 0 Å². The molecular formula is C19H24N2. The molecule has 1 saturated heterocycles. The van der Waals surface area contributed by atoms with Crippen LogP contribution in [-0.4, -0.2) is 25.5 Å². The molecule has 110 valence electrons. The maximum atomic E-state index is 4.38. The smallest absolute Gasteiger partial charge is 0.0598 e. The normalized spacial score (nSPS) is 24.1. The maximum Gasteiger partial charge on any atom is 0.0598 e. The second-order valence-electron chi connectivity index (χ2n) is 6.38. The van der Waals surface area contributed by atoms with E-state index in [0.717, 1.165) is 19.4 Å². The Hall–Kier alpha value is -1.96. The van der Waals surface area contributed by atoms with Gasteiger partial charge >= 0.3 is 0 Å². The lowest BCUT2D eigenvalue weighted by Gasteiger charge is -2.26. The quantitative estimate of drug-likeness (QED) is 0.802. The fourth-order valence-corrected chi connectivity index (χ4v) is 3.69. The van der Waals surface area contributed by atoms with Crippen LogP contribution in [0.15, 0.2) is 49.3 Å². The molecule has 0 amide bonds. The standard InChI is InChI=1S/C19H24N2/c1-7-13(2)16-8-9-17-18(10-16)21(6)15(4)19(17)11-14(3)20(5)12-19/h8-10H,2-4,7,11-12H2,1,5-6H3. The molecule has 0 N–H and O–H groups in total. The summed E-state index contributed by atoms with van der Waals surface area (Å²) < 4.78 is 0. The third-order valence-electron chi connectivity index (χ3n) is 5.22. The van der Waals surface area contributed by atoms with Gasteiger partial charge in [0.15, 0.2) is 0 Å². The summed E-state index contributed by atoms with van der Waals surface area (Å²) in [5.74, 6) is 0. The van der Waals surface area contributed by atoms with Crippen LogP contribution in [0.4, 0.5) is 5.69 Å². The van der Waals surface area contributed by atoms with Crippen LogP contribution in [0, 0.1) is 0 Å². The van der Waals surface area contributed by atoms with Gasteiger partial charge in [0.25, 0.3) is 0 Å². The molecule has 0 saturated carbocycles. The summed E-state index contributed by atoms with van der Waals surface area (Å²) >= 11 is 0. The van der Waals surface area contributed by atoms with Gasteiger partial charge in [-0.15, -0.1) is 0 Å². The van der Waals surface area contributed by atoms with Gasteiger partial charge in [0, 0.05) is 44.1 Å². The number of anilines is 1. The molecule has 2 heterocycles. The number of likely N-dealkylation sites (N-methyl/N-ethyl adjacent to an activating group) is 2. The van der Waals surface area contributed by atoms with Crippen molar-refractivity contribution in [2.24, 2.45) is 0 Å². The Labute approximate surface area is 128 Å². The zero-order valence-corrected chi connectivity index (χ0v) is 13.4. The molecule has 1 aromatic rings. The summed E-state index contributed by atoms with van der Waals surface area (Å²) in [7, 11) is 4.24. The first-order chi connectivity index (χ1) is 9.90. The number of hydrogen-bond donors (Lipinski definition) is 0. The first kappa shape index (κ1) is 14.0. The molecule has 2 nitrogen and oxygen atoms in total. The highest BCUT2D eigenvalue weighted by molar-refractivity contribution is 5.76. The molecule has 2 aliphatic heterocycles. The summed E-state index contributed by atoms with van der Waals surface area (Å²) in [6.07, 6.45) is 1.95. The van der Waals surface area contributed by atoms with Gasteiger partial charge in [-0.05, 0) is 29.2 Å². The van der Waals surface area contributed by atoms with Crippen molar-refractivity contribution >= 4 is 11.3 Å². The van der Waals surface area contributed by atoms with E-state index in [1.165, 1.54) is 33.8 Å². The van der Waals surface area contributed by atoms with Crippen molar-refractivity contribution < 1.29 is 0 Å². The van der Waals surface area contributed by atoms with Gasteiger partial charge in [-0.1, -0.05) is 38.8 Å². The van der Waals surface area contributed by atoms with Crippen molar-refractivity contribution in [2.45, 2.75) is 25.2 Å². The first-order valence-electron chi connectivity index (χ1n) is 7.55. The van der Waals surface area contributed by atoms with Crippen molar-refractivity contribution in [3.8, 4) is 0 Å². The zero-order chi connectivity index (χ0) is 15.4. The first-order valence-corrected chi connectivity index (χ1v) is 7.55. The minimum absolute atomic E-state index is 0.00198. The van der Waals surface area contributed by atoms with Crippen molar-refractivity contribution in [3.63, 3.8) is 0 Å². The fourth-order valence-electron chi connectivity index (χ4n) is 3.69. The van der Waals surface area contributed by atoms with Crippen LogP contribution in [0.1, 0.15) is 30.9 Å². The van der Waals surface area contributed by atoms with Crippen LogP contribution in [0.25, 0.3) is 5.57 Å². The van der Waals surface area contributed by atoms with E-state index in [-0.39, 0.29) is 5.41 Å². The molecule has 0 radical (unpaired) electrons. The van der Waals surface area contributed by atoms with E-state index in [1.54, 1.807) is 0 Å². The van der Waals surface area contributed by atoms with E-state index in [2.05, 4.69) is 68.8 Å². The van der Waals surface area contributed by atoms with E-state index < -0.39 is 0 Å². The number of allylic oxidation sites excluding steroid dienone is 2. The molecule has 1 atom stereocenters. The third kappa shape index (κ3) is 1.78. The van der Waals surface area contributed by atoms with Crippen LogP contribution in [0.3, 0.4) is 0 Å². The minimum atomic E-state index is 0.00198.